The summed E-state index contributed by atoms with van der Waals surface area (Å²) in [6.07, 6.45) is 3.54. The summed E-state index contributed by atoms with van der Waals surface area (Å²) in [6.45, 7) is 1.47. The molecule has 4 rings (SSSR count). The first-order valence-corrected chi connectivity index (χ1v) is 12.9. The van der Waals surface area contributed by atoms with Crippen LogP contribution in [0.15, 0.2) is 41.3 Å². The van der Waals surface area contributed by atoms with Gasteiger partial charge in [-0.3, -0.25) is 19.3 Å². The fourth-order valence-electron chi connectivity index (χ4n) is 3.69. The minimum atomic E-state index is -0.459. The largest absolute Gasteiger partial charge is 0.493 e. The maximum Gasteiger partial charge on any atom is 0.294 e. The van der Waals surface area contributed by atoms with Gasteiger partial charge in [0, 0.05) is 18.1 Å². The Morgan fingerprint density at radius 3 is 2.56 bits per heavy atom. The molecule has 10 heteroatoms. The highest BCUT2D eigenvalue weighted by molar-refractivity contribution is 14.1. The first-order chi connectivity index (χ1) is 16.4. The summed E-state index contributed by atoms with van der Waals surface area (Å²) in [5, 5.41) is 0.221. The monoisotopic (exact) mass is 612 g/mol. The van der Waals surface area contributed by atoms with Crippen LogP contribution in [-0.2, 0) is 16.2 Å². The minimum absolute atomic E-state index is 0.195. The highest BCUT2D eigenvalue weighted by Gasteiger charge is 2.37. The molecule has 2 fully saturated rings. The lowest BCUT2D eigenvalue weighted by molar-refractivity contribution is -0.135. The Bertz CT molecular complexity index is 1150. The molecule has 0 spiro atoms. The van der Waals surface area contributed by atoms with E-state index >= 15 is 0 Å². The van der Waals surface area contributed by atoms with E-state index in [0.717, 1.165) is 38.6 Å². The summed E-state index contributed by atoms with van der Waals surface area (Å²) < 4.78 is 12.3. The second-order valence-electron chi connectivity index (χ2n) is 7.81. The summed E-state index contributed by atoms with van der Waals surface area (Å²) in [7, 11) is 1.54. The number of likely N-dealkylation sites (tertiary alicyclic amines) is 1. The van der Waals surface area contributed by atoms with Crippen molar-refractivity contribution in [2.24, 2.45) is 0 Å². The van der Waals surface area contributed by atoms with Gasteiger partial charge >= 0.3 is 0 Å². The number of ether oxygens (including phenoxy) is 2. The lowest BCUT2D eigenvalue weighted by Gasteiger charge is -2.18. The van der Waals surface area contributed by atoms with Gasteiger partial charge in [-0.15, -0.1) is 0 Å². The van der Waals surface area contributed by atoms with Crippen LogP contribution >= 0.6 is 46.0 Å². The van der Waals surface area contributed by atoms with Crippen LogP contribution in [0.3, 0.4) is 0 Å². The van der Waals surface area contributed by atoms with Gasteiger partial charge in [0.15, 0.2) is 11.5 Å². The molecule has 0 aliphatic carbocycles. The van der Waals surface area contributed by atoms with Crippen LogP contribution in [-0.4, -0.2) is 53.6 Å². The zero-order valence-electron chi connectivity index (χ0n) is 18.4. The number of carbonyl (C=O) groups is 3. The average Bonchev–Trinajstić information content (AvgIpc) is 3.44. The molecule has 0 N–H and O–H groups in total. The molecular formula is C24H22ClIN2O5S. The fraction of sp³-hybridized carbons (Fsp3) is 0.292. The van der Waals surface area contributed by atoms with Crippen molar-refractivity contribution in [3.8, 4) is 11.5 Å². The van der Waals surface area contributed by atoms with E-state index in [1.807, 2.05) is 18.2 Å². The van der Waals surface area contributed by atoms with Crippen molar-refractivity contribution in [2.45, 2.75) is 19.4 Å². The SMILES string of the molecule is COc1cc(/C=C2\SC(=O)N(CC(=O)N3CCCC3)C2=O)cc(I)c1OCc1ccc(Cl)cc1. The Balaban J connectivity index is 1.49. The highest BCUT2D eigenvalue weighted by Crippen LogP contribution is 2.37. The second-order valence-corrected chi connectivity index (χ2v) is 10.4. The number of amides is 3. The van der Waals surface area contributed by atoms with Crippen molar-refractivity contribution in [3.05, 3.63) is 61.0 Å². The van der Waals surface area contributed by atoms with E-state index < -0.39 is 11.1 Å². The van der Waals surface area contributed by atoms with Crippen molar-refractivity contribution < 1.29 is 23.9 Å². The number of benzene rings is 2. The van der Waals surface area contributed by atoms with Gasteiger partial charge in [-0.05, 0) is 88.7 Å². The first kappa shape index (κ1) is 24.9. The molecular weight excluding hydrogens is 591 g/mol. The molecule has 0 saturated carbocycles. The quantitative estimate of drug-likeness (QED) is 0.317. The molecule has 178 valence electrons. The zero-order chi connectivity index (χ0) is 24.2. The van der Waals surface area contributed by atoms with Crippen LogP contribution in [0.2, 0.25) is 5.02 Å². The maximum atomic E-state index is 12.8. The van der Waals surface area contributed by atoms with E-state index in [9.17, 15) is 14.4 Å². The number of imide groups is 1. The van der Waals surface area contributed by atoms with E-state index in [4.69, 9.17) is 21.1 Å². The van der Waals surface area contributed by atoms with Crippen LogP contribution in [0, 0.1) is 3.57 Å². The third-order valence-electron chi connectivity index (χ3n) is 5.47. The van der Waals surface area contributed by atoms with Crippen molar-refractivity contribution in [1.29, 1.82) is 0 Å². The molecule has 7 nitrogen and oxygen atoms in total. The third-order valence-corrected chi connectivity index (χ3v) is 7.43. The van der Waals surface area contributed by atoms with E-state index in [2.05, 4.69) is 22.6 Å². The molecule has 0 bridgehead atoms. The van der Waals surface area contributed by atoms with Gasteiger partial charge in [0.1, 0.15) is 13.2 Å². The molecule has 2 aliphatic rings. The lowest BCUT2D eigenvalue weighted by atomic mass is 10.1. The van der Waals surface area contributed by atoms with Gasteiger partial charge in [0.25, 0.3) is 11.1 Å². The molecule has 2 saturated heterocycles. The predicted octanol–water partition coefficient (Wildman–Crippen LogP) is 5.19. The van der Waals surface area contributed by atoms with Crippen LogP contribution in [0.1, 0.15) is 24.0 Å². The van der Waals surface area contributed by atoms with E-state index in [-0.39, 0.29) is 17.4 Å². The number of rotatable bonds is 7. The van der Waals surface area contributed by atoms with E-state index in [1.54, 1.807) is 36.3 Å². The van der Waals surface area contributed by atoms with Crippen LogP contribution in [0.4, 0.5) is 4.79 Å². The van der Waals surface area contributed by atoms with E-state index in [1.165, 1.54) is 0 Å². The number of carbonyl (C=O) groups excluding carboxylic acids is 3. The number of hydrogen-bond acceptors (Lipinski definition) is 6. The Morgan fingerprint density at radius 1 is 1.18 bits per heavy atom. The summed E-state index contributed by atoms with van der Waals surface area (Å²) in [5.74, 6) is 0.439. The van der Waals surface area contributed by atoms with Crippen LogP contribution in [0.5, 0.6) is 11.5 Å². The van der Waals surface area contributed by atoms with Gasteiger partial charge in [-0.1, -0.05) is 23.7 Å². The fourth-order valence-corrected chi connectivity index (χ4v) is 5.43. The molecule has 2 aliphatic heterocycles. The average molecular weight is 613 g/mol. The Labute approximate surface area is 220 Å². The smallest absolute Gasteiger partial charge is 0.294 e. The van der Waals surface area contributed by atoms with Crippen LogP contribution < -0.4 is 9.47 Å². The first-order valence-electron chi connectivity index (χ1n) is 10.6. The summed E-state index contributed by atoms with van der Waals surface area (Å²) in [4.78, 5) is 40.7. The molecule has 2 aromatic carbocycles. The summed E-state index contributed by atoms with van der Waals surface area (Å²) in [6, 6.07) is 11.0. The standard InChI is InChI=1S/C24H22ClIN2O5S/c1-32-19-11-16(10-18(26)22(19)33-14-15-4-6-17(25)7-5-15)12-20-23(30)28(24(31)34-20)13-21(29)27-8-2-3-9-27/h4-7,10-12H,2-3,8-9,13-14H2,1H3/b20-12-. The molecule has 0 atom stereocenters. The highest BCUT2D eigenvalue weighted by atomic mass is 127. The predicted molar refractivity (Wildman–Crippen MR) is 140 cm³/mol. The lowest BCUT2D eigenvalue weighted by Crippen LogP contribution is -2.40. The molecule has 34 heavy (non-hydrogen) atoms. The number of methoxy groups -OCH3 is 1. The third kappa shape index (κ3) is 5.69. The molecule has 2 aromatic rings. The number of thioether (sulfide) groups is 1. The van der Waals surface area contributed by atoms with Gasteiger partial charge < -0.3 is 14.4 Å². The van der Waals surface area contributed by atoms with Gasteiger partial charge in [-0.25, -0.2) is 0 Å². The molecule has 0 unspecified atom stereocenters. The summed E-state index contributed by atoms with van der Waals surface area (Å²) in [5.41, 5.74) is 1.65. The Hall–Kier alpha value is -2.24. The second kappa shape index (κ2) is 11.0. The maximum absolute atomic E-state index is 12.8. The Kier molecular flexibility index (Phi) is 8.05. The summed E-state index contributed by atoms with van der Waals surface area (Å²) >= 11 is 8.92. The molecule has 0 aromatic heterocycles. The van der Waals surface area contributed by atoms with Crippen molar-refractivity contribution >= 4 is 69.1 Å². The van der Waals surface area contributed by atoms with Gasteiger partial charge in [0.05, 0.1) is 15.6 Å². The zero-order valence-corrected chi connectivity index (χ0v) is 22.1. The van der Waals surface area contributed by atoms with Gasteiger partial charge in [-0.2, -0.15) is 0 Å². The molecule has 2 heterocycles. The number of hydrogen-bond donors (Lipinski definition) is 0. The van der Waals surface area contributed by atoms with Crippen LogP contribution in [0.25, 0.3) is 6.08 Å². The normalized spacial score (nSPS) is 17.1. The minimum Gasteiger partial charge on any atom is -0.493 e. The topological polar surface area (TPSA) is 76.2 Å². The van der Waals surface area contributed by atoms with Gasteiger partial charge in [0.2, 0.25) is 5.91 Å². The number of nitrogens with zero attached hydrogens (tertiary/aromatic N) is 2. The molecule has 0 radical (unpaired) electrons. The Morgan fingerprint density at radius 2 is 1.88 bits per heavy atom. The van der Waals surface area contributed by atoms with Crippen molar-refractivity contribution in [3.63, 3.8) is 0 Å². The van der Waals surface area contributed by atoms with Crippen molar-refractivity contribution in [2.75, 3.05) is 26.7 Å². The molecule has 3 amide bonds. The number of halogens is 2. The van der Waals surface area contributed by atoms with E-state index in [0.29, 0.717) is 41.8 Å². The van der Waals surface area contributed by atoms with Crippen molar-refractivity contribution in [1.82, 2.24) is 9.80 Å².